The maximum atomic E-state index is 5.26. The van der Waals surface area contributed by atoms with Crippen LogP contribution in [0.25, 0.3) is 0 Å². The van der Waals surface area contributed by atoms with Crippen molar-refractivity contribution < 1.29 is 9.26 Å². The van der Waals surface area contributed by atoms with Crippen LogP contribution in [0.15, 0.2) is 28.8 Å². The van der Waals surface area contributed by atoms with E-state index in [0.29, 0.717) is 18.4 Å². The molecule has 0 bridgehead atoms. The van der Waals surface area contributed by atoms with Gasteiger partial charge in [0.1, 0.15) is 5.75 Å². The topological polar surface area (TPSA) is 60.2 Å². The van der Waals surface area contributed by atoms with Gasteiger partial charge in [-0.3, -0.25) is 0 Å². The Kier molecular flexibility index (Phi) is 4.52. The second kappa shape index (κ2) is 6.33. The van der Waals surface area contributed by atoms with E-state index in [9.17, 15) is 0 Å². The van der Waals surface area contributed by atoms with Crippen LogP contribution in [0.2, 0.25) is 0 Å². The Hall–Kier alpha value is -1.88. The molecule has 19 heavy (non-hydrogen) atoms. The zero-order valence-corrected chi connectivity index (χ0v) is 11.5. The Bertz CT molecular complexity index is 525. The van der Waals surface area contributed by atoms with Crippen molar-refractivity contribution in [1.82, 2.24) is 15.5 Å². The fourth-order valence-electron chi connectivity index (χ4n) is 1.78. The first-order valence-corrected chi connectivity index (χ1v) is 6.33. The van der Waals surface area contributed by atoms with Gasteiger partial charge in [-0.1, -0.05) is 17.3 Å². The zero-order chi connectivity index (χ0) is 13.7. The molecule has 2 rings (SSSR count). The predicted molar refractivity (Wildman–Crippen MR) is 72.3 cm³/mol. The van der Waals surface area contributed by atoms with Gasteiger partial charge in [-0.15, -0.1) is 0 Å². The summed E-state index contributed by atoms with van der Waals surface area (Å²) in [6, 6.07) is 8.19. The maximum Gasteiger partial charge on any atom is 0.231 e. The Morgan fingerprint density at radius 1 is 1.42 bits per heavy atom. The maximum absolute atomic E-state index is 5.26. The van der Waals surface area contributed by atoms with Gasteiger partial charge in [-0.2, -0.15) is 4.98 Å². The molecule has 102 valence electrons. The molecule has 0 spiro atoms. The molecule has 5 heteroatoms. The lowest BCUT2D eigenvalue weighted by atomic mass is 10.1. The van der Waals surface area contributed by atoms with E-state index in [4.69, 9.17) is 9.26 Å². The third kappa shape index (κ3) is 3.79. The first kappa shape index (κ1) is 13.5. The molecule has 1 N–H and O–H groups in total. The standard InChI is InChI=1S/C14H19N3O2/c1-10(15-2)7-13-16-14(19-17-13)9-11-5-4-6-12(8-11)18-3/h4-6,8,10,15H,7,9H2,1-3H3. The van der Waals surface area contributed by atoms with Crippen LogP contribution in [0, 0.1) is 0 Å². The van der Waals surface area contributed by atoms with Crippen LogP contribution in [0.5, 0.6) is 5.75 Å². The largest absolute Gasteiger partial charge is 0.497 e. The Morgan fingerprint density at radius 3 is 3.00 bits per heavy atom. The zero-order valence-electron chi connectivity index (χ0n) is 11.5. The molecule has 5 nitrogen and oxygen atoms in total. The second-order valence-corrected chi connectivity index (χ2v) is 4.53. The van der Waals surface area contributed by atoms with Gasteiger partial charge in [0.15, 0.2) is 5.82 Å². The summed E-state index contributed by atoms with van der Waals surface area (Å²) in [6.07, 6.45) is 1.39. The number of ether oxygens (including phenoxy) is 1. The molecular formula is C14H19N3O2. The molecule has 1 aromatic carbocycles. The summed E-state index contributed by atoms with van der Waals surface area (Å²) in [5.41, 5.74) is 1.09. The number of methoxy groups -OCH3 is 1. The van der Waals surface area contributed by atoms with Crippen molar-refractivity contribution in [1.29, 1.82) is 0 Å². The van der Waals surface area contributed by atoms with Gasteiger partial charge in [-0.25, -0.2) is 0 Å². The minimum Gasteiger partial charge on any atom is -0.497 e. The molecule has 1 heterocycles. The van der Waals surface area contributed by atoms with E-state index >= 15 is 0 Å². The molecule has 1 atom stereocenters. The SMILES string of the molecule is CNC(C)Cc1noc(Cc2cccc(OC)c2)n1. The van der Waals surface area contributed by atoms with E-state index in [2.05, 4.69) is 22.4 Å². The van der Waals surface area contributed by atoms with Crippen molar-refractivity contribution in [3.05, 3.63) is 41.5 Å². The fraction of sp³-hybridized carbons (Fsp3) is 0.429. The molecule has 0 aliphatic rings. The molecule has 1 aromatic heterocycles. The molecule has 0 aliphatic carbocycles. The van der Waals surface area contributed by atoms with E-state index in [0.717, 1.165) is 23.6 Å². The van der Waals surface area contributed by atoms with Crippen molar-refractivity contribution in [2.24, 2.45) is 0 Å². The van der Waals surface area contributed by atoms with Gasteiger partial charge in [0.2, 0.25) is 5.89 Å². The third-order valence-electron chi connectivity index (χ3n) is 2.98. The van der Waals surface area contributed by atoms with Crippen LogP contribution in [-0.2, 0) is 12.8 Å². The lowest BCUT2D eigenvalue weighted by molar-refractivity contribution is 0.377. The minimum absolute atomic E-state index is 0.335. The lowest BCUT2D eigenvalue weighted by Crippen LogP contribution is -2.24. The number of nitrogens with zero attached hydrogens (tertiary/aromatic N) is 2. The number of nitrogens with one attached hydrogen (secondary N) is 1. The highest BCUT2D eigenvalue weighted by Crippen LogP contribution is 2.15. The number of benzene rings is 1. The average molecular weight is 261 g/mol. The molecule has 0 aliphatic heterocycles. The molecule has 0 saturated heterocycles. The summed E-state index contributed by atoms with van der Waals surface area (Å²) < 4.78 is 10.4. The molecule has 0 radical (unpaired) electrons. The number of hydrogen-bond donors (Lipinski definition) is 1. The number of likely N-dealkylation sites (N-methyl/N-ethyl adjacent to an activating group) is 1. The van der Waals surface area contributed by atoms with E-state index in [1.165, 1.54) is 0 Å². The van der Waals surface area contributed by atoms with Crippen LogP contribution in [0.4, 0.5) is 0 Å². The Balaban J connectivity index is 2.02. The van der Waals surface area contributed by atoms with Gasteiger partial charge < -0.3 is 14.6 Å². The monoisotopic (exact) mass is 261 g/mol. The van der Waals surface area contributed by atoms with Crippen molar-refractivity contribution >= 4 is 0 Å². The van der Waals surface area contributed by atoms with Crippen LogP contribution in [-0.4, -0.2) is 30.3 Å². The first-order valence-electron chi connectivity index (χ1n) is 6.33. The van der Waals surface area contributed by atoms with Gasteiger partial charge in [0.25, 0.3) is 0 Å². The minimum atomic E-state index is 0.335. The fourth-order valence-corrected chi connectivity index (χ4v) is 1.78. The van der Waals surface area contributed by atoms with Crippen LogP contribution < -0.4 is 10.1 Å². The summed E-state index contributed by atoms with van der Waals surface area (Å²) in [6.45, 7) is 2.08. The van der Waals surface area contributed by atoms with Crippen LogP contribution in [0.3, 0.4) is 0 Å². The van der Waals surface area contributed by atoms with Crippen LogP contribution in [0.1, 0.15) is 24.2 Å². The Morgan fingerprint density at radius 2 is 2.26 bits per heavy atom. The molecule has 1 unspecified atom stereocenters. The normalized spacial score (nSPS) is 12.4. The lowest BCUT2D eigenvalue weighted by Gasteiger charge is -2.04. The predicted octanol–water partition coefficient (Wildman–Crippen LogP) is 1.82. The summed E-state index contributed by atoms with van der Waals surface area (Å²) in [5, 5.41) is 7.13. The smallest absolute Gasteiger partial charge is 0.231 e. The highest BCUT2D eigenvalue weighted by molar-refractivity contribution is 5.29. The van der Waals surface area contributed by atoms with Gasteiger partial charge >= 0.3 is 0 Å². The highest BCUT2D eigenvalue weighted by Gasteiger charge is 2.10. The summed E-state index contributed by atoms with van der Waals surface area (Å²) >= 11 is 0. The summed E-state index contributed by atoms with van der Waals surface area (Å²) in [5.74, 6) is 2.20. The van der Waals surface area contributed by atoms with E-state index in [1.807, 2.05) is 31.3 Å². The molecule has 0 saturated carbocycles. The summed E-state index contributed by atoms with van der Waals surface area (Å²) in [7, 11) is 3.57. The number of aromatic nitrogens is 2. The van der Waals surface area contributed by atoms with Crippen molar-refractivity contribution in [2.75, 3.05) is 14.2 Å². The van der Waals surface area contributed by atoms with Crippen molar-refractivity contribution in [3.8, 4) is 5.75 Å². The average Bonchev–Trinajstić information content (AvgIpc) is 2.86. The van der Waals surface area contributed by atoms with Crippen LogP contribution >= 0.6 is 0 Å². The van der Waals surface area contributed by atoms with E-state index < -0.39 is 0 Å². The molecule has 2 aromatic rings. The molecule has 0 fully saturated rings. The van der Waals surface area contributed by atoms with Gasteiger partial charge in [-0.05, 0) is 31.7 Å². The van der Waals surface area contributed by atoms with E-state index in [1.54, 1.807) is 7.11 Å². The molecule has 0 amide bonds. The second-order valence-electron chi connectivity index (χ2n) is 4.53. The first-order chi connectivity index (χ1) is 9.21. The Labute approximate surface area is 113 Å². The highest BCUT2D eigenvalue weighted by atomic mass is 16.5. The van der Waals surface area contributed by atoms with Crippen molar-refractivity contribution in [3.63, 3.8) is 0 Å². The van der Waals surface area contributed by atoms with E-state index in [-0.39, 0.29) is 0 Å². The van der Waals surface area contributed by atoms with Gasteiger partial charge in [0, 0.05) is 12.5 Å². The number of rotatable bonds is 6. The van der Waals surface area contributed by atoms with Gasteiger partial charge in [0.05, 0.1) is 13.5 Å². The molecular weight excluding hydrogens is 242 g/mol. The van der Waals surface area contributed by atoms with Crippen molar-refractivity contribution in [2.45, 2.75) is 25.8 Å². The quantitative estimate of drug-likeness (QED) is 0.859. The third-order valence-corrected chi connectivity index (χ3v) is 2.98. The number of hydrogen-bond acceptors (Lipinski definition) is 5. The summed E-state index contributed by atoms with van der Waals surface area (Å²) in [4.78, 5) is 4.39.